The van der Waals surface area contributed by atoms with E-state index in [1.54, 1.807) is 4.90 Å². The van der Waals surface area contributed by atoms with E-state index in [0.717, 1.165) is 5.69 Å². The first-order valence-corrected chi connectivity index (χ1v) is 5.06. The standard InChI is InChI=1S/C8H8N4OS/c9-2-6-1-8(13)12(3-6)4-7-5-14-11-10-7/h5-6H,1,3-4H2. The van der Waals surface area contributed by atoms with Crippen LogP contribution in [-0.4, -0.2) is 26.9 Å². The van der Waals surface area contributed by atoms with E-state index in [2.05, 4.69) is 15.7 Å². The first kappa shape index (κ1) is 9.09. The molecular weight excluding hydrogens is 200 g/mol. The molecule has 1 saturated heterocycles. The summed E-state index contributed by atoms with van der Waals surface area (Å²) in [6.45, 7) is 1.00. The van der Waals surface area contributed by atoms with Crippen LogP contribution in [0.15, 0.2) is 5.38 Å². The van der Waals surface area contributed by atoms with Gasteiger partial charge in [0.1, 0.15) is 0 Å². The minimum Gasteiger partial charge on any atom is -0.335 e. The van der Waals surface area contributed by atoms with Crippen molar-refractivity contribution in [3.05, 3.63) is 11.1 Å². The molecular formula is C8H8N4OS. The summed E-state index contributed by atoms with van der Waals surface area (Å²) in [7, 11) is 0. The molecule has 72 valence electrons. The number of rotatable bonds is 2. The molecule has 0 spiro atoms. The van der Waals surface area contributed by atoms with Crippen molar-refractivity contribution < 1.29 is 4.79 Å². The molecule has 1 aromatic rings. The summed E-state index contributed by atoms with van der Waals surface area (Å²) < 4.78 is 3.72. The minimum absolute atomic E-state index is 0.0320. The molecule has 1 aliphatic rings. The SMILES string of the molecule is N#CC1CC(=O)N(Cc2csnn2)C1. The molecule has 0 aliphatic carbocycles. The zero-order chi connectivity index (χ0) is 9.97. The molecule has 1 fully saturated rings. The fourth-order valence-electron chi connectivity index (χ4n) is 1.46. The van der Waals surface area contributed by atoms with Crippen LogP contribution in [0.3, 0.4) is 0 Å². The van der Waals surface area contributed by atoms with E-state index in [-0.39, 0.29) is 11.8 Å². The molecule has 1 unspecified atom stereocenters. The van der Waals surface area contributed by atoms with E-state index < -0.39 is 0 Å². The molecule has 2 rings (SSSR count). The predicted molar refractivity (Wildman–Crippen MR) is 49.0 cm³/mol. The summed E-state index contributed by atoms with van der Waals surface area (Å²) >= 11 is 1.27. The van der Waals surface area contributed by atoms with E-state index in [4.69, 9.17) is 5.26 Å². The Balaban J connectivity index is 2.00. The zero-order valence-corrected chi connectivity index (χ0v) is 8.20. The van der Waals surface area contributed by atoms with Gasteiger partial charge in [-0.3, -0.25) is 4.79 Å². The van der Waals surface area contributed by atoms with Gasteiger partial charge in [0.15, 0.2) is 0 Å². The Labute approximate surface area is 85.1 Å². The second kappa shape index (κ2) is 3.72. The van der Waals surface area contributed by atoms with Gasteiger partial charge in [-0.2, -0.15) is 5.26 Å². The van der Waals surface area contributed by atoms with Crippen molar-refractivity contribution in [3.8, 4) is 6.07 Å². The van der Waals surface area contributed by atoms with E-state index in [1.807, 2.05) is 5.38 Å². The molecule has 5 nitrogen and oxygen atoms in total. The molecule has 1 aromatic heterocycles. The second-order valence-corrected chi connectivity index (χ2v) is 3.81. The van der Waals surface area contributed by atoms with Gasteiger partial charge < -0.3 is 4.90 Å². The van der Waals surface area contributed by atoms with Crippen LogP contribution in [0.2, 0.25) is 0 Å². The van der Waals surface area contributed by atoms with Crippen molar-refractivity contribution in [2.75, 3.05) is 6.54 Å². The number of hydrogen-bond acceptors (Lipinski definition) is 5. The van der Waals surface area contributed by atoms with Gasteiger partial charge in [-0.25, -0.2) is 0 Å². The van der Waals surface area contributed by atoms with Gasteiger partial charge in [-0.1, -0.05) is 4.49 Å². The van der Waals surface area contributed by atoms with Crippen molar-refractivity contribution in [3.63, 3.8) is 0 Å². The summed E-state index contributed by atoms with van der Waals surface area (Å²) in [4.78, 5) is 13.1. The highest BCUT2D eigenvalue weighted by atomic mass is 32.1. The molecule has 14 heavy (non-hydrogen) atoms. The maximum Gasteiger partial charge on any atom is 0.224 e. The monoisotopic (exact) mass is 208 g/mol. The quantitative estimate of drug-likeness (QED) is 0.705. The molecule has 1 atom stereocenters. The van der Waals surface area contributed by atoms with Gasteiger partial charge in [-0.05, 0) is 11.5 Å². The van der Waals surface area contributed by atoms with E-state index in [9.17, 15) is 4.79 Å². The highest BCUT2D eigenvalue weighted by molar-refractivity contribution is 7.03. The van der Waals surface area contributed by atoms with Crippen LogP contribution in [0.25, 0.3) is 0 Å². The molecule has 0 saturated carbocycles. The number of nitrogens with zero attached hydrogens (tertiary/aromatic N) is 4. The van der Waals surface area contributed by atoms with Gasteiger partial charge >= 0.3 is 0 Å². The average Bonchev–Trinajstić information content (AvgIpc) is 2.78. The van der Waals surface area contributed by atoms with Gasteiger partial charge in [0.05, 0.1) is 24.2 Å². The molecule has 6 heteroatoms. The van der Waals surface area contributed by atoms with Gasteiger partial charge in [0.2, 0.25) is 5.91 Å². The van der Waals surface area contributed by atoms with Crippen LogP contribution in [0.1, 0.15) is 12.1 Å². The zero-order valence-electron chi connectivity index (χ0n) is 7.38. The number of amides is 1. The normalized spacial score (nSPS) is 21.2. The molecule has 0 radical (unpaired) electrons. The number of hydrogen-bond donors (Lipinski definition) is 0. The van der Waals surface area contributed by atoms with Crippen LogP contribution in [0, 0.1) is 17.2 Å². The van der Waals surface area contributed by atoms with Crippen molar-refractivity contribution in [2.45, 2.75) is 13.0 Å². The lowest BCUT2D eigenvalue weighted by molar-refractivity contribution is -0.128. The Kier molecular flexibility index (Phi) is 2.41. The van der Waals surface area contributed by atoms with E-state index in [0.29, 0.717) is 19.5 Å². The van der Waals surface area contributed by atoms with Crippen LogP contribution in [0.5, 0.6) is 0 Å². The number of carbonyl (C=O) groups excluding carboxylic acids is 1. The highest BCUT2D eigenvalue weighted by Gasteiger charge is 2.29. The van der Waals surface area contributed by atoms with E-state index >= 15 is 0 Å². The third kappa shape index (κ3) is 1.72. The Bertz CT molecular complexity index is 369. The maximum atomic E-state index is 11.4. The summed E-state index contributed by atoms with van der Waals surface area (Å²) in [5.41, 5.74) is 0.793. The predicted octanol–water partition coefficient (Wildman–Crippen LogP) is 0.410. The lowest BCUT2D eigenvalue weighted by Gasteiger charge is -2.12. The van der Waals surface area contributed by atoms with Gasteiger partial charge in [0, 0.05) is 18.3 Å². The maximum absolute atomic E-state index is 11.4. The third-order valence-corrected chi connectivity index (χ3v) is 2.71. The van der Waals surface area contributed by atoms with Crippen LogP contribution in [0.4, 0.5) is 0 Å². The molecule has 0 N–H and O–H groups in total. The molecule has 2 heterocycles. The topological polar surface area (TPSA) is 69.9 Å². The lowest BCUT2D eigenvalue weighted by Crippen LogP contribution is -2.24. The second-order valence-electron chi connectivity index (χ2n) is 3.20. The van der Waals surface area contributed by atoms with Crippen molar-refractivity contribution in [1.82, 2.24) is 14.5 Å². The van der Waals surface area contributed by atoms with Crippen LogP contribution < -0.4 is 0 Å². The molecule has 1 aliphatic heterocycles. The largest absolute Gasteiger partial charge is 0.335 e. The van der Waals surface area contributed by atoms with Gasteiger partial charge in [-0.15, -0.1) is 5.10 Å². The van der Waals surface area contributed by atoms with E-state index in [1.165, 1.54) is 11.5 Å². The van der Waals surface area contributed by atoms with Crippen molar-refractivity contribution >= 4 is 17.4 Å². The van der Waals surface area contributed by atoms with Crippen molar-refractivity contribution in [2.24, 2.45) is 5.92 Å². The summed E-state index contributed by atoms with van der Waals surface area (Å²) in [5, 5.41) is 14.3. The Morgan fingerprint density at radius 2 is 2.64 bits per heavy atom. The summed E-state index contributed by atoms with van der Waals surface area (Å²) in [5.74, 6) is -0.126. The van der Waals surface area contributed by atoms with Gasteiger partial charge in [0.25, 0.3) is 0 Å². The summed E-state index contributed by atoms with van der Waals surface area (Å²) in [6, 6.07) is 2.11. The first-order chi connectivity index (χ1) is 6.79. The Hall–Kier alpha value is -1.48. The fourth-order valence-corrected chi connectivity index (χ4v) is 1.90. The Morgan fingerprint density at radius 3 is 3.21 bits per heavy atom. The molecule has 1 amide bonds. The molecule has 0 aromatic carbocycles. The number of carbonyl (C=O) groups is 1. The number of nitriles is 1. The molecule has 0 bridgehead atoms. The third-order valence-electron chi connectivity index (χ3n) is 2.16. The minimum atomic E-state index is -0.158. The lowest BCUT2D eigenvalue weighted by atomic mass is 10.1. The van der Waals surface area contributed by atoms with Crippen LogP contribution >= 0.6 is 11.5 Å². The van der Waals surface area contributed by atoms with Crippen molar-refractivity contribution in [1.29, 1.82) is 5.26 Å². The van der Waals surface area contributed by atoms with Crippen LogP contribution in [-0.2, 0) is 11.3 Å². The highest BCUT2D eigenvalue weighted by Crippen LogP contribution is 2.18. The average molecular weight is 208 g/mol. The fraction of sp³-hybridized carbons (Fsp3) is 0.500. The first-order valence-electron chi connectivity index (χ1n) is 4.23. The number of aromatic nitrogens is 2. The summed E-state index contributed by atoms with van der Waals surface area (Å²) in [6.07, 6.45) is 0.341. The smallest absolute Gasteiger partial charge is 0.224 e. The number of likely N-dealkylation sites (tertiary alicyclic amines) is 1. The Morgan fingerprint density at radius 1 is 1.79 bits per heavy atom.